The largest absolute Gasteiger partial charge is 0.352 e. The number of nitrogens with one attached hydrogen (secondary N) is 2. The average molecular weight is 321 g/mol. The Hall–Kier alpha value is -2.55. The van der Waals surface area contributed by atoms with E-state index in [1.165, 1.54) is 18.2 Å². The standard InChI is InChI=1S/C13H15N5O3S/c1-8-7-9(3-4-10(8)18(20)21)12(19)14-6-5-11-15-16-13(22)17(11)2/h3-4,7H,5-6H2,1-2H3,(H,14,19)(H,16,22). The van der Waals surface area contributed by atoms with Gasteiger partial charge < -0.3 is 9.88 Å². The molecule has 0 radical (unpaired) electrons. The van der Waals surface area contributed by atoms with Crippen LogP contribution in [0.25, 0.3) is 0 Å². The molecule has 0 bridgehead atoms. The van der Waals surface area contributed by atoms with Crippen LogP contribution in [0.5, 0.6) is 0 Å². The highest BCUT2D eigenvalue weighted by atomic mass is 32.1. The minimum Gasteiger partial charge on any atom is -0.352 e. The number of rotatable bonds is 5. The summed E-state index contributed by atoms with van der Waals surface area (Å²) in [6.07, 6.45) is 0.529. The van der Waals surface area contributed by atoms with E-state index in [2.05, 4.69) is 15.5 Å². The summed E-state index contributed by atoms with van der Waals surface area (Å²) in [6, 6.07) is 4.28. The van der Waals surface area contributed by atoms with E-state index in [1.54, 1.807) is 18.5 Å². The molecule has 0 atom stereocenters. The van der Waals surface area contributed by atoms with Gasteiger partial charge in [0.05, 0.1) is 4.92 Å². The maximum absolute atomic E-state index is 12.0. The molecule has 1 heterocycles. The smallest absolute Gasteiger partial charge is 0.272 e. The van der Waals surface area contributed by atoms with Gasteiger partial charge in [0.1, 0.15) is 5.82 Å². The van der Waals surface area contributed by atoms with E-state index in [-0.39, 0.29) is 11.6 Å². The summed E-state index contributed by atoms with van der Waals surface area (Å²) in [5, 5.41) is 20.2. The van der Waals surface area contributed by atoms with Gasteiger partial charge in [-0.3, -0.25) is 20.0 Å². The van der Waals surface area contributed by atoms with Crippen LogP contribution in [0, 0.1) is 21.8 Å². The second kappa shape index (κ2) is 6.48. The van der Waals surface area contributed by atoms with Crippen LogP contribution in [-0.2, 0) is 13.5 Å². The van der Waals surface area contributed by atoms with Crippen molar-refractivity contribution in [2.45, 2.75) is 13.3 Å². The number of benzene rings is 1. The number of hydrogen-bond acceptors (Lipinski definition) is 5. The maximum Gasteiger partial charge on any atom is 0.272 e. The fourth-order valence-electron chi connectivity index (χ4n) is 1.99. The number of carbonyl (C=O) groups excluding carboxylic acids is 1. The molecule has 116 valence electrons. The molecule has 0 saturated heterocycles. The SMILES string of the molecule is Cc1cc(C(=O)NCCc2n[nH]c(=S)n2C)ccc1[N+](=O)[O-]. The zero-order chi connectivity index (χ0) is 16.3. The van der Waals surface area contributed by atoms with Gasteiger partial charge in [-0.25, -0.2) is 0 Å². The number of carbonyl (C=O) groups is 1. The van der Waals surface area contributed by atoms with Crippen LogP contribution in [0.1, 0.15) is 21.7 Å². The highest BCUT2D eigenvalue weighted by molar-refractivity contribution is 7.71. The average Bonchev–Trinajstić information content (AvgIpc) is 2.78. The second-order valence-corrected chi connectivity index (χ2v) is 5.15. The number of nitro benzene ring substituents is 1. The molecule has 2 rings (SSSR count). The lowest BCUT2D eigenvalue weighted by atomic mass is 10.1. The molecule has 0 aliphatic rings. The van der Waals surface area contributed by atoms with Gasteiger partial charge in [0.15, 0.2) is 4.77 Å². The van der Waals surface area contributed by atoms with Crippen molar-refractivity contribution in [2.75, 3.05) is 6.54 Å². The molecular weight excluding hydrogens is 306 g/mol. The second-order valence-electron chi connectivity index (χ2n) is 4.77. The van der Waals surface area contributed by atoms with Gasteiger partial charge in [0, 0.05) is 37.2 Å². The lowest BCUT2D eigenvalue weighted by molar-refractivity contribution is -0.385. The molecule has 0 fully saturated rings. The number of nitrogens with zero attached hydrogens (tertiary/aromatic N) is 3. The summed E-state index contributed by atoms with van der Waals surface area (Å²) < 4.78 is 2.25. The van der Waals surface area contributed by atoms with Crippen LogP contribution in [0.15, 0.2) is 18.2 Å². The summed E-state index contributed by atoms with van der Waals surface area (Å²) in [5.41, 5.74) is 0.837. The summed E-state index contributed by atoms with van der Waals surface area (Å²) in [6.45, 7) is 1.99. The predicted molar refractivity (Wildman–Crippen MR) is 82.3 cm³/mol. The Kier molecular flexibility index (Phi) is 4.66. The van der Waals surface area contributed by atoms with Crippen LogP contribution in [0.4, 0.5) is 5.69 Å². The zero-order valence-corrected chi connectivity index (χ0v) is 12.9. The third-order valence-corrected chi connectivity index (χ3v) is 3.63. The van der Waals surface area contributed by atoms with E-state index in [0.717, 1.165) is 5.82 Å². The Morgan fingerprint density at radius 3 is 2.82 bits per heavy atom. The Bertz CT molecular complexity index is 780. The topological polar surface area (TPSA) is 106 Å². The minimum atomic E-state index is -0.471. The van der Waals surface area contributed by atoms with E-state index in [1.807, 2.05) is 0 Å². The number of aryl methyl sites for hydroxylation is 1. The highest BCUT2D eigenvalue weighted by Gasteiger charge is 2.13. The minimum absolute atomic E-state index is 0.00178. The number of nitro groups is 1. The van der Waals surface area contributed by atoms with Crippen LogP contribution < -0.4 is 5.32 Å². The van der Waals surface area contributed by atoms with Crippen molar-refractivity contribution in [1.82, 2.24) is 20.1 Å². The van der Waals surface area contributed by atoms with Gasteiger partial charge in [0.2, 0.25) is 0 Å². The van der Waals surface area contributed by atoms with Gasteiger partial charge in [-0.15, -0.1) is 0 Å². The highest BCUT2D eigenvalue weighted by Crippen LogP contribution is 2.18. The van der Waals surface area contributed by atoms with E-state index in [0.29, 0.717) is 28.9 Å². The predicted octanol–water partition coefficient (Wildman–Crippen LogP) is 1.67. The normalized spacial score (nSPS) is 10.5. The first-order valence-electron chi connectivity index (χ1n) is 6.53. The molecule has 0 saturated carbocycles. The first kappa shape index (κ1) is 15.8. The fourth-order valence-corrected chi connectivity index (χ4v) is 2.15. The summed E-state index contributed by atoms with van der Waals surface area (Å²) in [4.78, 5) is 22.3. The van der Waals surface area contributed by atoms with E-state index in [9.17, 15) is 14.9 Å². The van der Waals surface area contributed by atoms with Gasteiger partial charge in [-0.2, -0.15) is 5.10 Å². The summed E-state index contributed by atoms with van der Waals surface area (Å²) in [5.74, 6) is 0.458. The van der Waals surface area contributed by atoms with Gasteiger partial charge in [0.25, 0.3) is 11.6 Å². The van der Waals surface area contributed by atoms with Crippen molar-refractivity contribution in [3.8, 4) is 0 Å². The van der Waals surface area contributed by atoms with Crippen LogP contribution in [0.3, 0.4) is 0 Å². The van der Waals surface area contributed by atoms with Gasteiger partial charge >= 0.3 is 0 Å². The number of aromatic amines is 1. The van der Waals surface area contributed by atoms with Crippen molar-refractivity contribution in [1.29, 1.82) is 0 Å². The van der Waals surface area contributed by atoms with Gasteiger partial charge in [-0.05, 0) is 31.3 Å². The molecule has 0 aliphatic carbocycles. The summed E-state index contributed by atoms with van der Waals surface area (Å²) in [7, 11) is 1.79. The molecule has 2 N–H and O–H groups in total. The number of H-pyrrole nitrogens is 1. The fraction of sp³-hybridized carbons (Fsp3) is 0.308. The Labute approximate surface area is 131 Å². The van der Waals surface area contributed by atoms with Crippen molar-refractivity contribution in [2.24, 2.45) is 7.05 Å². The molecule has 0 spiro atoms. The Morgan fingerprint density at radius 1 is 1.55 bits per heavy atom. The third kappa shape index (κ3) is 3.37. The van der Waals surface area contributed by atoms with E-state index in [4.69, 9.17) is 12.2 Å². The molecule has 1 aromatic heterocycles. The number of amides is 1. The molecule has 9 heteroatoms. The number of hydrogen-bond donors (Lipinski definition) is 2. The molecule has 0 unspecified atom stereocenters. The van der Waals surface area contributed by atoms with Crippen molar-refractivity contribution in [3.05, 3.63) is 50.0 Å². The van der Waals surface area contributed by atoms with Crippen molar-refractivity contribution >= 4 is 23.8 Å². The van der Waals surface area contributed by atoms with Gasteiger partial charge in [-0.1, -0.05) is 0 Å². The lowest BCUT2D eigenvalue weighted by Gasteiger charge is -2.06. The molecule has 8 nitrogen and oxygen atoms in total. The van der Waals surface area contributed by atoms with Crippen LogP contribution in [0.2, 0.25) is 0 Å². The quantitative estimate of drug-likeness (QED) is 0.495. The lowest BCUT2D eigenvalue weighted by Crippen LogP contribution is -2.26. The van der Waals surface area contributed by atoms with E-state index >= 15 is 0 Å². The number of aromatic nitrogens is 3. The molecule has 1 aromatic carbocycles. The first-order chi connectivity index (χ1) is 10.4. The van der Waals surface area contributed by atoms with Crippen molar-refractivity contribution in [3.63, 3.8) is 0 Å². The summed E-state index contributed by atoms with van der Waals surface area (Å²) >= 11 is 5.00. The maximum atomic E-state index is 12.0. The molecule has 1 amide bonds. The first-order valence-corrected chi connectivity index (χ1v) is 6.94. The zero-order valence-electron chi connectivity index (χ0n) is 12.1. The third-order valence-electron chi connectivity index (χ3n) is 3.26. The van der Waals surface area contributed by atoms with Crippen LogP contribution in [-0.4, -0.2) is 32.1 Å². The van der Waals surface area contributed by atoms with E-state index < -0.39 is 4.92 Å². The molecule has 2 aromatic rings. The Balaban J connectivity index is 1.98. The van der Waals surface area contributed by atoms with Crippen molar-refractivity contribution < 1.29 is 9.72 Å². The monoisotopic (exact) mass is 321 g/mol. The van der Waals surface area contributed by atoms with Crippen LogP contribution >= 0.6 is 12.2 Å². The molecule has 0 aliphatic heterocycles. The molecule has 22 heavy (non-hydrogen) atoms. The Morgan fingerprint density at radius 2 is 2.27 bits per heavy atom. The molecular formula is C13H15N5O3S.